The minimum atomic E-state index is -4.44. The molecule has 1 N–H and O–H groups in total. The Balaban J connectivity index is 2.71. The molecule has 0 saturated carbocycles. The van der Waals surface area contributed by atoms with Crippen molar-refractivity contribution in [3.8, 4) is 0 Å². The van der Waals surface area contributed by atoms with Gasteiger partial charge >= 0.3 is 6.18 Å². The predicted octanol–water partition coefficient (Wildman–Crippen LogP) is 4.69. The van der Waals surface area contributed by atoms with Gasteiger partial charge in [0.2, 0.25) is 0 Å². The van der Waals surface area contributed by atoms with Crippen molar-refractivity contribution in [1.29, 1.82) is 0 Å². The lowest BCUT2D eigenvalue weighted by Crippen LogP contribution is -2.11. The number of alkyl halides is 3. The smallest absolute Gasteiger partial charge is 0.384 e. The zero-order valence-corrected chi connectivity index (χ0v) is 11.7. The van der Waals surface area contributed by atoms with E-state index in [2.05, 4.69) is 10.3 Å². The van der Waals surface area contributed by atoms with Gasteiger partial charge in [0, 0.05) is 17.6 Å². The summed E-state index contributed by atoms with van der Waals surface area (Å²) in [6.07, 6.45) is -3.59. The maximum atomic E-state index is 12.9. The minimum Gasteiger partial charge on any atom is -0.384 e. The summed E-state index contributed by atoms with van der Waals surface area (Å²) < 4.78 is 38.8. The van der Waals surface area contributed by atoms with Crippen LogP contribution in [0.2, 0.25) is 0 Å². The van der Waals surface area contributed by atoms with E-state index in [0.29, 0.717) is 17.7 Å². The van der Waals surface area contributed by atoms with Crippen LogP contribution in [0.4, 0.5) is 18.9 Å². The molecule has 2 aromatic rings. The number of hydrogen-bond donors (Lipinski definition) is 1. The second-order valence-electron chi connectivity index (χ2n) is 4.96. The summed E-state index contributed by atoms with van der Waals surface area (Å²) in [6.45, 7) is 6.31. The minimum absolute atomic E-state index is 0.407. The molecule has 0 bridgehead atoms. The van der Waals surface area contributed by atoms with E-state index in [1.165, 1.54) is 0 Å². The molecular formula is C15H17F3N2. The van der Waals surface area contributed by atoms with Crippen molar-refractivity contribution in [2.75, 3.05) is 11.9 Å². The molecule has 0 aliphatic carbocycles. The third kappa shape index (κ3) is 2.86. The van der Waals surface area contributed by atoms with Crippen molar-refractivity contribution < 1.29 is 13.2 Å². The number of fused-ring (bicyclic) bond motifs is 1. The molecule has 0 fully saturated rings. The Kier molecular flexibility index (Phi) is 3.88. The van der Waals surface area contributed by atoms with Crippen LogP contribution in [0, 0.1) is 13.8 Å². The fraction of sp³-hybridized carbons (Fsp3) is 0.400. The molecule has 0 amide bonds. The number of benzene rings is 1. The fourth-order valence-electron chi connectivity index (χ4n) is 2.23. The average Bonchev–Trinajstić information content (AvgIpc) is 2.34. The van der Waals surface area contributed by atoms with E-state index in [0.717, 1.165) is 29.0 Å². The molecular weight excluding hydrogens is 265 g/mol. The summed E-state index contributed by atoms with van der Waals surface area (Å²) in [5.74, 6) is 0. The highest BCUT2D eigenvalue weighted by Gasteiger charge is 2.33. The van der Waals surface area contributed by atoms with Crippen molar-refractivity contribution >= 4 is 16.6 Å². The quantitative estimate of drug-likeness (QED) is 0.883. The molecule has 0 aliphatic rings. The molecule has 1 aromatic heterocycles. The lowest BCUT2D eigenvalue weighted by Gasteiger charge is -2.15. The largest absolute Gasteiger partial charge is 0.433 e. The third-order valence-electron chi connectivity index (χ3n) is 3.10. The number of pyridine rings is 1. The van der Waals surface area contributed by atoms with Gasteiger partial charge in [0.25, 0.3) is 0 Å². The number of rotatable bonds is 3. The molecule has 0 unspecified atom stereocenters. The second-order valence-corrected chi connectivity index (χ2v) is 4.96. The monoisotopic (exact) mass is 282 g/mol. The molecule has 0 spiro atoms. The van der Waals surface area contributed by atoms with E-state index in [9.17, 15) is 13.2 Å². The van der Waals surface area contributed by atoms with Crippen molar-refractivity contribution in [3.05, 3.63) is 35.0 Å². The van der Waals surface area contributed by atoms with E-state index in [1.807, 2.05) is 26.0 Å². The van der Waals surface area contributed by atoms with Crippen LogP contribution in [0.1, 0.15) is 30.2 Å². The fourth-order valence-corrected chi connectivity index (χ4v) is 2.23. The molecule has 0 aliphatic heterocycles. The Morgan fingerprint density at radius 1 is 1.15 bits per heavy atom. The van der Waals surface area contributed by atoms with Gasteiger partial charge in [0.05, 0.1) is 5.52 Å². The molecule has 1 aromatic carbocycles. The van der Waals surface area contributed by atoms with E-state index in [1.54, 1.807) is 6.92 Å². The molecule has 2 rings (SSSR count). The van der Waals surface area contributed by atoms with E-state index in [4.69, 9.17) is 0 Å². The number of nitrogens with one attached hydrogen (secondary N) is 1. The number of aromatic nitrogens is 1. The molecule has 0 saturated heterocycles. The highest BCUT2D eigenvalue weighted by Crippen LogP contribution is 2.34. The lowest BCUT2D eigenvalue weighted by atomic mass is 10.0. The van der Waals surface area contributed by atoms with Gasteiger partial charge in [0.1, 0.15) is 5.69 Å². The standard InChI is InChI=1S/C15H17F3N2/c1-4-5-19-12-8-13(15(16,17)18)20-14-10(3)6-9(2)7-11(12)14/h6-8H,4-5H2,1-3H3,(H,19,20). The predicted molar refractivity (Wildman–Crippen MR) is 75.0 cm³/mol. The van der Waals surface area contributed by atoms with E-state index >= 15 is 0 Å². The van der Waals surface area contributed by atoms with Crippen molar-refractivity contribution in [1.82, 2.24) is 4.98 Å². The first-order valence-corrected chi connectivity index (χ1v) is 6.56. The molecule has 20 heavy (non-hydrogen) atoms. The Labute approximate surface area is 116 Å². The van der Waals surface area contributed by atoms with Crippen LogP contribution >= 0.6 is 0 Å². The Bertz CT molecular complexity index is 633. The Morgan fingerprint density at radius 3 is 2.45 bits per heavy atom. The van der Waals surface area contributed by atoms with Crippen LogP contribution in [0.25, 0.3) is 10.9 Å². The first-order valence-electron chi connectivity index (χ1n) is 6.56. The van der Waals surface area contributed by atoms with Gasteiger partial charge in [0.15, 0.2) is 0 Å². The van der Waals surface area contributed by atoms with Crippen LogP contribution < -0.4 is 5.32 Å². The Morgan fingerprint density at radius 2 is 1.85 bits per heavy atom. The van der Waals surface area contributed by atoms with Gasteiger partial charge in [-0.15, -0.1) is 0 Å². The number of halogens is 3. The molecule has 1 heterocycles. The molecule has 0 radical (unpaired) electrons. The van der Waals surface area contributed by atoms with Crippen molar-refractivity contribution in [3.63, 3.8) is 0 Å². The van der Waals surface area contributed by atoms with Crippen molar-refractivity contribution in [2.45, 2.75) is 33.4 Å². The lowest BCUT2D eigenvalue weighted by molar-refractivity contribution is -0.140. The SMILES string of the molecule is CCCNc1cc(C(F)(F)F)nc2c(C)cc(C)cc12. The first kappa shape index (κ1) is 14.6. The maximum absolute atomic E-state index is 12.9. The summed E-state index contributed by atoms with van der Waals surface area (Å²) in [5, 5.41) is 3.80. The van der Waals surface area contributed by atoms with Gasteiger partial charge in [-0.25, -0.2) is 4.98 Å². The summed E-state index contributed by atoms with van der Waals surface area (Å²) in [6, 6.07) is 4.81. The zero-order chi connectivity index (χ0) is 14.9. The average molecular weight is 282 g/mol. The Hall–Kier alpha value is -1.78. The molecule has 2 nitrogen and oxygen atoms in total. The highest BCUT2D eigenvalue weighted by molar-refractivity contribution is 5.94. The summed E-state index contributed by atoms with van der Waals surface area (Å²) in [5.41, 5.74) is 1.82. The van der Waals surface area contributed by atoms with Gasteiger partial charge in [-0.2, -0.15) is 13.2 Å². The summed E-state index contributed by atoms with van der Waals surface area (Å²) >= 11 is 0. The number of nitrogens with zero attached hydrogens (tertiary/aromatic N) is 1. The molecule has 0 atom stereocenters. The van der Waals surface area contributed by atoms with Crippen LogP contribution in [-0.2, 0) is 6.18 Å². The van der Waals surface area contributed by atoms with Gasteiger partial charge in [-0.1, -0.05) is 18.6 Å². The van der Waals surface area contributed by atoms with Crippen molar-refractivity contribution in [2.24, 2.45) is 0 Å². The number of aryl methyl sites for hydroxylation is 2. The van der Waals surface area contributed by atoms with Crippen LogP contribution in [-0.4, -0.2) is 11.5 Å². The third-order valence-corrected chi connectivity index (χ3v) is 3.10. The van der Waals surface area contributed by atoms with Crippen LogP contribution in [0.5, 0.6) is 0 Å². The second kappa shape index (κ2) is 5.31. The van der Waals surface area contributed by atoms with Crippen LogP contribution in [0.15, 0.2) is 18.2 Å². The van der Waals surface area contributed by atoms with Gasteiger partial charge < -0.3 is 5.32 Å². The molecule has 108 valence electrons. The van der Waals surface area contributed by atoms with Crippen LogP contribution in [0.3, 0.4) is 0 Å². The zero-order valence-electron chi connectivity index (χ0n) is 11.7. The van der Waals surface area contributed by atoms with E-state index in [-0.39, 0.29) is 0 Å². The van der Waals surface area contributed by atoms with Gasteiger partial charge in [-0.05, 0) is 38.0 Å². The summed E-state index contributed by atoms with van der Waals surface area (Å²) in [4.78, 5) is 3.79. The number of anilines is 1. The van der Waals surface area contributed by atoms with Gasteiger partial charge in [-0.3, -0.25) is 0 Å². The normalized spacial score (nSPS) is 11.9. The summed E-state index contributed by atoms with van der Waals surface area (Å²) in [7, 11) is 0. The highest BCUT2D eigenvalue weighted by atomic mass is 19.4. The molecule has 5 heteroatoms. The number of hydrogen-bond acceptors (Lipinski definition) is 2. The topological polar surface area (TPSA) is 24.9 Å². The maximum Gasteiger partial charge on any atom is 0.433 e. The first-order chi connectivity index (χ1) is 9.32. The van der Waals surface area contributed by atoms with E-state index < -0.39 is 11.9 Å².